The van der Waals surface area contributed by atoms with Gasteiger partial charge in [-0.25, -0.2) is 16.4 Å². The van der Waals surface area contributed by atoms with Gasteiger partial charge in [-0.3, -0.25) is 0 Å². The van der Waals surface area contributed by atoms with E-state index < -0.39 is 35.6 Å². The monoisotopic (exact) mass is 480 g/mol. The van der Waals surface area contributed by atoms with E-state index in [0.29, 0.717) is 51.4 Å². The molecule has 0 aromatic carbocycles. The molecule has 0 aromatic heterocycles. The summed E-state index contributed by atoms with van der Waals surface area (Å²) in [5, 5.41) is 0. The largest absolute Gasteiger partial charge is 0.526 e. The van der Waals surface area contributed by atoms with Crippen molar-refractivity contribution in [3.8, 4) is 0 Å². The molecule has 4 nitrogen and oxygen atoms in total. The van der Waals surface area contributed by atoms with Gasteiger partial charge in [0, 0.05) is 24.2 Å². The third-order valence-corrected chi connectivity index (χ3v) is 18.1. The number of halogens is 4. The van der Waals surface area contributed by atoms with Gasteiger partial charge in [-0.15, -0.1) is 0 Å². The van der Waals surface area contributed by atoms with Crippen LogP contribution in [0.4, 0.5) is 16.4 Å². The Morgan fingerprint density at radius 2 is 0.607 bits per heavy atom. The first-order valence-electron chi connectivity index (χ1n) is 10.6. The van der Waals surface area contributed by atoms with E-state index in [4.69, 9.17) is 16.5 Å². The third kappa shape index (κ3) is 8.66. The van der Waals surface area contributed by atoms with E-state index in [1.165, 1.54) is 0 Å². The molecule has 168 valence electrons. The van der Waals surface area contributed by atoms with Gasteiger partial charge < -0.3 is 16.5 Å². The molecule has 1 rings (SSSR count). The Morgan fingerprint density at radius 1 is 0.429 bits per heavy atom. The fourth-order valence-corrected chi connectivity index (χ4v) is 18.8. The topological polar surface area (TPSA) is 36.9 Å². The van der Waals surface area contributed by atoms with Crippen LogP contribution in [0.5, 0.6) is 0 Å². The lowest BCUT2D eigenvalue weighted by Crippen LogP contribution is -2.66. The van der Waals surface area contributed by atoms with Crippen molar-refractivity contribution in [2.75, 3.05) is 0 Å². The molecular weight excluding hydrogens is 445 g/mol. The molecule has 0 radical (unpaired) electrons. The van der Waals surface area contributed by atoms with Gasteiger partial charge in [0.1, 0.15) is 0 Å². The number of hydrogen-bond donors (Lipinski definition) is 0. The molecule has 28 heavy (non-hydrogen) atoms. The maximum Gasteiger partial charge on any atom is 0.526 e. The van der Waals surface area contributed by atoms with Gasteiger partial charge in [0.15, 0.2) is 0 Å². The molecular formula is C16H36F4O4Si4. The molecule has 0 aliphatic carbocycles. The summed E-state index contributed by atoms with van der Waals surface area (Å²) in [6.07, 6.45) is 3.96. The summed E-state index contributed by atoms with van der Waals surface area (Å²) in [6, 6.07) is -0.827. The molecule has 0 atom stereocenters. The van der Waals surface area contributed by atoms with Crippen molar-refractivity contribution in [2.24, 2.45) is 0 Å². The van der Waals surface area contributed by atoms with Gasteiger partial charge in [0.05, 0.1) is 0 Å². The highest BCUT2D eigenvalue weighted by Crippen LogP contribution is 2.41. The van der Waals surface area contributed by atoms with Gasteiger partial charge >= 0.3 is 35.6 Å². The van der Waals surface area contributed by atoms with Crippen molar-refractivity contribution in [2.45, 2.75) is 103 Å². The van der Waals surface area contributed by atoms with Crippen LogP contribution in [0.3, 0.4) is 0 Å². The predicted octanol–water partition coefficient (Wildman–Crippen LogP) is 6.90. The van der Waals surface area contributed by atoms with Crippen LogP contribution in [0.2, 0.25) is 24.2 Å². The van der Waals surface area contributed by atoms with Crippen molar-refractivity contribution < 1.29 is 32.9 Å². The SMILES string of the molecule is CCCC[Si]1(F)O[Si](F)(CCCC)O[Si](F)(CCCC)O[Si](F)(CCCC)O1. The smallest absolute Gasteiger partial charge is 0.366 e. The van der Waals surface area contributed by atoms with E-state index in [-0.39, 0.29) is 24.2 Å². The zero-order valence-electron chi connectivity index (χ0n) is 17.6. The molecule has 1 fully saturated rings. The second-order valence-electron chi connectivity index (χ2n) is 7.46. The van der Waals surface area contributed by atoms with Crippen LogP contribution in [-0.4, -0.2) is 35.6 Å². The second kappa shape index (κ2) is 11.7. The van der Waals surface area contributed by atoms with Crippen molar-refractivity contribution >= 4 is 35.6 Å². The lowest BCUT2D eigenvalue weighted by molar-refractivity contribution is 0.122. The predicted molar refractivity (Wildman–Crippen MR) is 111 cm³/mol. The van der Waals surface area contributed by atoms with Crippen molar-refractivity contribution in [3.63, 3.8) is 0 Å². The molecule has 1 saturated heterocycles. The molecule has 0 saturated carbocycles. The lowest BCUT2D eigenvalue weighted by atomic mass is 10.4. The van der Waals surface area contributed by atoms with Gasteiger partial charge in [0.25, 0.3) is 0 Å². The fraction of sp³-hybridized carbons (Fsp3) is 1.00. The van der Waals surface area contributed by atoms with Crippen LogP contribution >= 0.6 is 0 Å². The van der Waals surface area contributed by atoms with E-state index in [9.17, 15) is 0 Å². The maximum absolute atomic E-state index is 15.6. The summed E-state index contributed by atoms with van der Waals surface area (Å²) in [6.45, 7) is 7.36. The minimum Gasteiger partial charge on any atom is -0.366 e. The van der Waals surface area contributed by atoms with E-state index in [1.807, 2.05) is 27.7 Å². The average Bonchev–Trinajstić information content (AvgIpc) is 2.60. The van der Waals surface area contributed by atoms with Crippen LogP contribution in [0.15, 0.2) is 0 Å². The second-order valence-corrected chi connectivity index (χ2v) is 18.0. The van der Waals surface area contributed by atoms with Crippen LogP contribution in [-0.2, 0) is 16.5 Å². The van der Waals surface area contributed by atoms with Crippen LogP contribution in [0, 0.1) is 0 Å². The first-order valence-corrected chi connectivity index (χ1v) is 18.2. The molecule has 0 unspecified atom stereocenters. The fourth-order valence-electron chi connectivity index (χ4n) is 2.95. The zero-order chi connectivity index (χ0) is 21.3. The molecule has 1 aliphatic heterocycles. The molecule has 0 amide bonds. The number of hydrogen-bond acceptors (Lipinski definition) is 4. The molecule has 0 spiro atoms. The van der Waals surface area contributed by atoms with Crippen molar-refractivity contribution in [1.82, 2.24) is 0 Å². The molecule has 0 N–H and O–H groups in total. The Kier molecular flexibility index (Phi) is 11.1. The molecule has 12 heteroatoms. The zero-order valence-corrected chi connectivity index (χ0v) is 21.6. The number of unbranched alkanes of at least 4 members (excludes halogenated alkanes) is 4. The van der Waals surface area contributed by atoms with Crippen LogP contribution in [0.25, 0.3) is 0 Å². The molecule has 0 aromatic rings. The maximum atomic E-state index is 15.6. The highest BCUT2D eigenvalue weighted by Gasteiger charge is 2.67. The van der Waals surface area contributed by atoms with Gasteiger partial charge in [0.2, 0.25) is 0 Å². The first-order chi connectivity index (χ1) is 13.1. The Hall–Kier alpha value is 0.428. The van der Waals surface area contributed by atoms with E-state index in [2.05, 4.69) is 0 Å². The Bertz CT molecular complexity index is 376. The summed E-state index contributed by atoms with van der Waals surface area (Å²) in [4.78, 5) is 0. The minimum absolute atomic E-state index is 0.207. The summed E-state index contributed by atoms with van der Waals surface area (Å²) >= 11 is 0. The Balaban J connectivity index is 3.24. The standard InChI is InChI=1S/C16H36F4O4Si4/c1-5-9-13-25(17)21-26(18,14-10-6-2)23-28(20,16-12-8-4)24-27(19,22-25)15-11-7-3/h5-16H2,1-4H3. The Morgan fingerprint density at radius 3 is 0.750 bits per heavy atom. The Labute approximate surface area is 172 Å². The number of rotatable bonds is 12. The molecule has 1 aliphatic rings. The van der Waals surface area contributed by atoms with E-state index in [0.717, 1.165) is 0 Å². The first kappa shape index (κ1) is 26.5. The van der Waals surface area contributed by atoms with Gasteiger partial charge in [-0.2, -0.15) is 0 Å². The summed E-state index contributed by atoms with van der Waals surface area (Å²) in [5.41, 5.74) is 0. The summed E-state index contributed by atoms with van der Waals surface area (Å²) < 4.78 is 83.2. The summed E-state index contributed by atoms with van der Waals surface area (Å²) in [5.74, 6) is 0. The van der Waals surface area contributed by atoms with Gasteiger partial charge in [-0.1, -0.05) is 53.4 Å². The van der Waals surface area contributed by atoms with E-state index in [1.54, 1.807) is 0 Å². The van der Waals surface area contributed by atoms with Crippen LogP contribution in [0.1, 0.15) is 79.1 Å². The van der Waals surface area contributed by atoms with Crippen molar-refractivity contribution in [3.05, 3.63) is 0 Å². The quantitative estimate of drug-likeness (QED) is 0.173. The lowest BCUT2D eigenvalue weighted by Gasteiger charge is -2.41. The van der Waals surface area contributed by atoms with Crippen molar-refractivity contribution in [1.29, 1.82) is 0 Å². The molecule has 0 bridgehead atoms. The van der Waals surface area contributed by atoms with Crippen LogP contribution < -0.4 is 0 Å². The normalized spacial score (nSPS) is 36.9. The average molecular weight is 481 g/mol. The summed E-state index contributed by atoms with van der Waals surface area (Å²) in [7, 11) is -18.9. The van der Waals surface area contributed by atoms with E-state index >= 15 is 16.4 Å². The highest BCUT2D eigenvalue weighted by atomic mass is 28.6. The highest BCUT2D eigenvalue weighted by molar-refractivity contribution is 6.88. The van der Waals surface area contributed by atoms with Gasteiger partial charge in [-0.05, 0) is 25.7 Å². The third-order valence-electron chi connectivity index (χ3n) is 4.54. The minimum atomic E-state index is -4.73. The molecule has 1 heterocycles.